The summed E-state index contributed by atoms with van der Waals surface area (Å²) >= 11 is 0. The summed E-state index contributed by atoms with van der Waals surface area (Å²) in [5, 5.41) is 4.44. The summed E-state index contributed by atoms with van der Waals surface area (Å²) < 4.78 is 3.27. The first-order valence-electron chi connectivity index (χ1n) is 7.63. The fourth-order valence-electron chi connectivity index (χ4n) is 2.80. The Kier molecular flexibility index (Phi) is 3.34. The predicted octanol–water partition coefficient (Wildman–Crippen LogP) is 0.669. The van der Waals surface area contributed by atoms with Crippen molar-refractivity contribution in [3.63, 3.8) is 0 Å². The van der Waals surface area contributed by atoms with Gasteiger partial charge in [0.05, 0.1) is 23.6 Å². The number of carbonyl (C=O) groups is 1. The first kappa shape index (κ1) is 15.1. The Morgan fingerprint density at radius 2 is 2.12 bits per heavy atom. The number of nitrogens with zero attached hydrogens (tertiary/aromatic N) is 6. The SMILES string of the molecule is CN(C(=O)Cn1ncc2c(=O)[nH]cnc21)c1nc2ccccc2n1C. The molecule has 4 aromatic rings. The fourth-order valence-corrected chi connectivity index (χ4v) is 2.80. The second-order valence-electron chi connectivity index (χ2n) is 5.68. The molecular formula is C16H15N7O2. The number of aryl methyl sites for hydroxylation is 1. The van der Waals surface area contributed by atoms with Crippen LogP contribution in [0.25, 0.3) is 22.1 Å². The van der Waals surface area contributed by atoms with Crippen LogP contribution in [0.15, 0.2) is 41.6 Å². The van der Waals surface area contributed by atoms with E-state index in [1.165, 1.54) is 22.1 Å². The molecule has 9 heteroatoms. The van der Waals surface area contributed by atoms with Crippen LogP contribution in [-0.2, 0) is 18.4 Å². The number of amides is 1. The molecule has 0 aliphatic rings. The van der Waals surface area contributed by atoms with Crippen LogP contribution >= 0.6 is 0 Å². The van der Waals surface area contributed by atoms with Gasteiger partial charge in [-0.3, -0.25) is 14.5 Å². The number of carbonyl (C=O) groups excluding carboxylic acids is 1. The van der Waals surface area contributed by atoms with Crippen molar-refractivity contribution in [1.82, 2.24) is 29.3 Å². The molecule has 1 amide bonds. The van der Waals surface area contributed by atoms with E-state index in [0.29, 0.717) is 17.0 Å². The van der Waals surface area contributed by atoms with Crippen molar-refractivity contribution in [3.8, 4) is 0 Å². The van der Waals surface area contributed by atoms with Crippen LogP contribution < -0.4 is 10.5 Å². The Hall–Kier alpha value is -3.49. The van der Waals surface area contributed by atoms with Gasteiger partial charge in [0, 0.05) is 14.1 Å². The lowest BCUT2D eigenvalue weighted by atomic mass is 10.3. The van der Waals surface area contributed by atoms with Crippen LogP contribution in [0.2, 0.25) is 0 Å². The predicted molar refractivity (Wildman–Crippen MR) is 92.3 cm³/mol. The van der Waals surface area contributed by atoms with Gasteiger partial charge in [-0.25, -0.2) is 14.6 Å². The van der Waals surface area contributed by atoms with E-state index in [4.69, 9.17) is 0 Å². The number of fused-ring (bicyclic) bond motifs is 2. The molecule has 0 atom stereocenters. The Morgan fingerprint density at radius 3 is 2.92 bits per heavy atom. The van der Waals surface area contributed by atoms with Crippen molar-refractivity contribution >= 4 is 33.9 Å². The summed E-state index contributed by atoms with van der Waals surface area (Å²) in [6, 6.07) is 7.67. The molecule has 0 saturated heterocycles. The van der Waals surface area contributed by atoms with E-state index in [0.717, 1.165) is 11.0 Å². The highest BCUT2D eigenvalue weighted by atomic mass is 16.2. The number of H-pyrrole nitrogens is 1. The van der Waals surface area contributed by atoms with Gasteiger partial charge in [0.1, 0.15) is 11.9 Å². The van der Waals surface area contributed by atoms with Crippen molar-refractivity contribution in [2.24, 2.45) is 7.05 Å². The highest BCUT2D eigenvalue weighted by Gasteiger charge is 2.19. The van der Waals surface area contributed by atoms with E-state index in [-0.39, 0.29) is 18.0 Å². The van der Waals surface area contributed by atoms with Crippen LogP contribution in [0, 0.1) is 0 Å². The van der Waals surface area contributed by atoms with Crippen molar-refractivity contribution in [2.45, 2.75) is 6.54 Å². The van der Waals surface area contributed by atoms with Gasteiger partial charge in [-0.2, -0.15) is 5.10 Å². The number of nitrogens with one attached hydrogen (secondary N) is 1. The molecule has 0 bridgehead atoms. The lowest BCUT2D eigenvalue weighted by Crippen LogP contribution is -2.32. The number of likely N-dealkylation sites (N-methyl/N-ethyl adjacent to an activating group) is 1. The van der Waals surface area contributed by atoms with Crippen LogP contribution in [0.5, 0.6) is 0 Å². The van der Waals surface area contributed by atoms with Crippen molar-refractivity contribution in [2.75, 3.05) is 11.9 Å². The lowest BCUT2D eigenvalue weighted by molar-refractivity contribution is -0.119. The third kappa shape index (κ3) is 2.36. The molecule has 0 saturated carbocycles. The van der Waals surface area contributed by atoms with Crippen LogP contribution in [-0.4, -0.2) is 42.3 Å². The van der Waals surface area contributed by atoms with Crippen LogP contribution in [0.3, 0.4) is 0 Å². The molecule has 0 spiro atoms. The van der Waals surface area contributed by atoms with E-state index >= 15 is 0 Å². The number of para-hydroxylation sites is 2. The molecule has 3 aromatic heterocycles. The molecule has 0 unspecified atom stereocenters. The van der Waals surface area contributed by atoms with E-state index < -0.39 is 0 Å². The maximum atomic E-state index is 12.7. The maximum absolute atomic E-state index is 12.7. The van der Waals surface area contributed by atoms with E-state index in [9.17, 15) is 9.59 Å². The number of rotatable bonds is 3. The quantitative estimate of drug-likeness (QED) is 0.592. The van der Waals surface area contributed by atoms with Gasteiger partial charge >= 0.3 is 0 Å². The lowest BCUT2D eigenvalue weighted by Gasteiger charge is -2.16. The highest BCUT2D eigenvalue weighted by molar-refractivity contribution is 5.93. The van der Waals surface area contributed by atoms with Crippen molar-refractivity contribution in [3.05, 3.63) is 47.1 Å². The second-order valence-corrected chi connectivity index (χ2v) is 5.68. The van der Waals surface area contributed by atoms with Gasteiger partial charge in [0.25, 0.3) is 11.5 Å². The first-order valence-corrected chi connectivity index (χ1v) is 7.63. The molecule has 3 heterocycles. The second kappa shape index (κ2) is 5.55. The third-order valence-corrected chi connectivity index (χ3v) is 4.16. The fraction of sp³-hybridized carbons (Fsp3) is 0.188. The smallest absolute Gasteiger partial charge is 0.261 e. The zero-order chi connectivity index (χ0) is 17.6. The number of aromatic nitrogens is 6. The molecule has 0 radical (unpaired) electrons. The zero-order valence-electron chi connectivity index (χ0n) is 13.7. The number of benzene rings is 1. The Morgan fingerprint density at radius 1 is 1.32 bits per heavy atom. The Bertz CT molecular complexity index is 1150. The molecular weight excluding hydrogens is 322 g/mol. The Balaban J connectivity index is 1.66. The molecule has 25 heavy (non-hydrogen) atoms. The highest BCUT2D eigenvalue weighted by Crippen LogP contribution is 2.20. The molecule has 9 nitrogen and oxygen atoms in total. The van der Waals surface area contributed by atoms with Gasteiger partial charge in [-0.05, 0) is 12.1 Å². The standard InChI is InChI=1S/C16H15N7O2/c1-21-12-6-4-3-5-11(12)20-16(21)22(2)13(24)8-23-14-10(7-19-23)15(25)18-9-17-14/h3-7,9H,8H2,1-2H3,(H,17,18,25). The van der Waals surface area contributed by atoms with Gasteiger partial charge in [0.2, 0.25) is 5.95 Å². The first-order chi connectivity index (χ1) is 12.1. The number of imidazole rings is 1. The van der Waals surface area contributed by atoms with Crippen molar-refractivity contribution in [1.29, 1.82) is 0 Å². The summed E-state index contributed by atoms with van der Waals surface area (Å²) in [5.41, 5.74) is 1.84. The van der Waals surface area contributed by atoms with E-state index in [1.54, 1.807) is 7.05 Å². The van der Waals surface area contributed by atoms with Crippen LogP contribution in [0.4, 0.5) is 5.95 Å². The molecule has 1 N–H and O–H groups in total. The summed E-state index contributed by atoms with van der Waals surface area (Å²) in [7, 11) is 3.52. The van der Waals surface area contributed by atoms with E-state index in [2.05, 4.69) is 20.1 Å². The van der Waals surface area contributed by atoms with Crippen molar-refractivity contribution < 1.29 is 4.79 Å². The zero-order valence-corrected chi connectivity index (χ0v) is 13.7. The largest absolute Gasteiger partial charge is 0.313 e. The minimum atomic E-state index is -0.285. The minimum absolute atomic E-state index is 0.0420. The number of aromatic amines is 1. The minimum Gasteiger partial charge on any atom is -0.313 e. The summed E-state index contributed by atoms with van der Waals surface area (Å²) in [4.78, 5) is 36.9. The summed E-state index contributed by atoms with van der Waals surface area (Å²) in [6.45, 7) is -0.0420. The number of hydrogen-bond donors (Lipinski definition) is 1. The third-order valence-electron chi connectivity index (χ3n) is 4.16. The van der Waals surface area contributed by atoms with Gasteiger partial charge in [0.15, 0.2) is 5.65 Å². The number of anilines is 1. The topological polar surface area (TPSA) is 102 Å². The Labute approximate surface area is 141 Å². The molecule has 1 aromatic carbocycles. The molecule has 126 valence electrons. The number of hydrogen-bond acceptors (Lipinski definition) is 5. The maximum Gasteiger partial charge on any atom is 0.261 e. The summed E-state index contributed by atoms with van der Waals surface area (Å²) in [6.07, 6.45) is 2.70. The van der Waals surface area contributed by atoms with E-state index in [1.807, 2.05) is 35.9 Å². The monoisotopic (exact) mass is 337 g/mol. The average molecular weight is 337 g/mol. The molecule has 0 aliphatic carbocycles. The van der Waals surface area contributed by atoms with Crippen LogP contribution in [0.1, 0.15) is 0 Å². The molecule has 0 aliphatic heterocycles. The summed E-state index contributed by atoms with van der Waals surface area (Å²) in [5.74, 6) is 0.318. The van der Waals surface area contributed by atoms with Gasteiger partial charge < -0.3 is 9.55 Å². The molecule has 0 fully saturated rings. The molecule has 4 rings (SSSR count). The van der Waals surface area contributed by atoms with Gasteiger partial charge in [-0.15, -0.1) is 0 Å². The van der Waals surface area contributed by atoms with Gasteiger partial charge in [-0.1, -0.05) is 12.1 Å². The normalized spacial score (nSPS) is 11.3. The average Bonchev–Trinajstić information content (AvgIpc) is 3.17.